The molecule has 0 N–H and O–H groups in total. The van der Waals surface area contributed by atoms with Gasteiger partial charge in [0.1, 0.15) is 5.02 Å². The van der Waals surface area contributed by atoms with E-state index in [1.165, 1.54) is 12.5 Å². The summed E-state index contributed by atoms with van der Waals surface area (Å²) in [5.74, 6) is 0.241. The second kappa shape index (κ2) is 8.18. The van der Waals surface area contributed by atoms with Crippen molar-refractivity contribution in [3.63, 3.8) is 0 Å². The SMILES string of the molecule is CCC(=O)N1CC2CCCC(C1)N2C/C=C/c1ccc(Cl)c([N+](=O)[O-])c1. The quantitative estimate of drug-likeness (QED) is 0.579. The number of nitrogens with zero attached hydrogens (tertiary/aromatic N) is 3. The summed E-state index contributed by atoms with van der Waals surface area (Å²) >= 11 is 5.86. The molecule has 2 heterocycles. The van der Waals surface area contributed by atoms with Crippen LogP contribution in [-0.4, -0.2) is 52.3 Å². The van der Waals surface area contributed by atoms with Gasteiger partial charge in [-0.2, -0.15) is 0 Å². The van der Waals surface area contributed by atoms with E-state index in [0.29, 0.717) is 18.5 Å². The summed E-state index contributed by atoms with van der Waals surface area (Å²) in [4.78, 5) is 27.1. The highest BCUT2D eigenvalue weighted by Crippen LogP contribution is 2.29. The molecule has 2 aliphatic rings. The van der Waals surface area contributed by atoms with E-state index in [1.807, 2.05) is 17.9 Å². The lowest BCUT2D eigenvalue weighted by Gasteiger charge is -2.50. The predicted molar refractivity (Wildman–Crippen MR) is 102 cm³/mol. The highest BCUT2D eigenvalue weighted by Gasteiger charge is 2.37. The van der Waals surface area contributed by atoms with Gasteiger partial charge in [-0.1, -0.05) is 43.2 Å². The van der Waals surface area contributed by atoms with Crippen molar-refractivity contribution in [3.05, 3.63) is 45.0 Å². The first-order valence-corrected chi connectivity index (χ1v) is 9.51. The van der Waals surface area contributed by atoms with E-state index in [4.69, 9.17) is 11.6 Å². The Kier molecular flexibility index (Phi) is 5.94. The molecule has 3 rings (SSSR count). The maximum atomic E-state index is 12.0. The number of benzene rings is 1. The summed E-state index contributed by atoms with van der Waals surface area (Å²) in [6, 6.07) is 5.65. The molecule has 26 heavy (non-hydrogen) atoms. The van der Waals surface area contributed by atoms with E-state index in [9.17, 15) is 14.9 Å². The topological polar surface area (TPSA) is 66.7 Å². The third-order valence-corrected chi connectivity index (χ3v) is 5.64. The van der Waals surface area contributed by atoms with Crippen LogP contribution in [0.3, 0.4) is 0 Å². The zero-order valence-electron chi connectivity index (χ0n) is 14.9. The zero-order chi connectivity index (χ0) is 18.7. The van der Waals surface area contributed by atoms with E-state index in [2.05, 4.69) is 11.0 Å². The maximum Gasteiger partial charge on any atom is 0.288 e. The molecule has 0 radical (unpaired) electrons. The molecular weight excluding hydrogens is 354 g/mol. The highest BCUT2D eigenvalue weighted by molar-refractivity contribution is 6.32. The van der Waals surface area contributed by atoms with E-state index in [-0.39, 0.29) is 16.6 Å². The van der Waals surface area contributed by atoms with Crippen LogP contribution in [0.15, 0.2) is 24.3 Å². The van der Waals surface area contributed by atoms with Crippen molar-refractivity contribution < 1.29 is 9.72 Å². The Morgan fingerprint density at radius 2 is 2.04 bits per heavy atom. The minimum Gasteiger partial charge on any atom is -0.340 e. The molecule has 7 heteroatoms. The summed E-state index contributed by atoms with van der Waals surface area (Å²) in [7, 11) is 0. The van der Waals surface area contributed by atoms with Crippen LogP contribution in [0.1, 0.15) is 38.2 Å². The summed E-state index contributed by atoms with van der Waals surface area (Å²) in [6.45, 7) is 4.32. The smallest absolute Gasteiger partial charge is 0.288 e. The number of likely N-dealkylation sites (tertiary alicyclic amines) is 1. The van der Waals surface area contributed by atoms with Gasteiger partial charge in [0, 0.05) is 44.2 Å². The Labute approximate surface area is 158 Å². The number of halogens is 1. The Morgan fingerprint density at radius 1 is 1.35 bits per heavy atom. The first-order chi connectivity index (χ1) is 12.5. The Morgan fingerprint density at radius 3 is 2.65 bits per heavy atom. The molecule has 2 saturated heterocycles. The van der Waals surface area contributed by atoms with Crippen LogP contribution in [-0.2, 0) is 4.79 Å². The lowest BCUT2D eigenvalue weighted by molar-refractivity contribution is -0.384. The van der Waals surface area contributed by atoms with Crippen LogP contribution >= 0.6 is 11.6 Å². The molecule has 0 aromatic heterocycles. The Bertz CT molecular complexity index is 708. The number of carbonyl (C=O) groups is 1. The fraction of sp³-hybridized carbons (Fsp3) is 0.526. The Hall–Kier alpha value is -1.92. The molecule has 2 unspecified atom stereocenters. The van der Waals surface area contributed by atoms with Crippen LogP contribution in [0.25, 0.3) is 6.08 Å². The fourth-order valence-electron chi connectivity index (χ4n) is 4.00. The molecule has 1 aromatic carbocycles. The molecule has 2 aliphatic heterocycles. The van der Waals surface area contributed by atoms with Crippen molar-refractivity contribution >= 4 is 29.3 Å². The molecule has 2 bridgehead atoms. The van der Waals surface area contributed by atoms with E-state index >= 15 is 0 Å². The number of amides is 1. The van der Waals surface area contributed by atoms with Crippen LogP contribution in [0, 0.1) is 10.1 Å². The third-order valence-electron chi connectivity index (χ3n) is 5.32. The van der Waals surface area contributed by atoms with Gasteiger partial charge >= 0.3 is 0 Å². The largest absolute Gasteiger partial charge is 0.340 e. The number of nitro groups is 1. The van der Waals surface area contributed by atoms with Crippen molar-refractivity contribution in [2.45, 2.75) is 44.7 Å². The molecule has 6 nitrogen and oxygen atoms in total. The van der Waals surface area contributed by atoms with Crippen LogP contribution in [0.2, 0.25) is 5.02 Å². The van der Waals surface area contributed by atoms with Crippen molar-refractivity contribution in [3.8, 4) is 0 Å². The average Bonchev–Trinajstić information content (AvgIpc) is 2.61. The van der Waals surface area contributed by atoms with Crippen molar-refractivity contribution in [1.29, 1.82) is 0 Å². The number of nitro benzene ring substituents is 1. The fourth-order valence-corrected chi connectivity index (χ4v) is 4.19. The average molecular weight is 378 g/mol. The standard InChI is InChI=1S/C19H24ClN3O3/c1-2-19(24)21-12-15-6-3-7-16(13-21)22(15)10-4-5-14-8-9-17(20)18(11-14)23(25)26/h4-5,8-9,11,15-16H,2-3,6-7,10,12-13H2,1H3/b5-4+. The van der Waals surface area contributed by atoms with Gasteiger partial charge in [0.15, 0.2) is 0 Å². The Balaban J connectivity index is 1.66. The van der Waals surface area contributed by atoms with Crippen molar-refractivity contribution in [1.82, 2.24) is 9.80 Å². The first-order valence-electron chi connectivity index (χ1n) is 9.13. The van der Waals surface area contributed by atoms with E-state index in [0.717, 1.165) is 38.0 Å². The van der Waals surface area contributed by atoms with Gasteiger partial charge in [-0.3, -0.25) is 19.8 Å². The molecule has 2 atom stereocenters. The van der Waals surface area contributed by atoms with Gasteiger partial charge in [-0.15, -0.1) is 0 Å². The second-order valence-corrected chi connectivity index (χ2v) is 7.37. The maximum absolute atomic E-state index is 12.0. The molecule has 1 amide bonds. The van der Waals surface area contributed by atoms with Gasteiger partial charge in [0.25, 0.3) is 5.69 Å². The number of piperidine rings is 1. The first kappa shape index (κ1) is 18.9. The highest BCUT2D eigenvalue weighted by atomic mass is 35.5. The minimum absolute atomic E-state index is 0.0719. The normalized spacial score (nSPS) is 23.4. The number of piperazine rings is 1. The molecular formula is C19H24ClN3O3. The summed E-state index contributed by atoms with van der Waals surface area (Å²) in [5, 5.41) is 11.1. The number of carbonyl (C=O) groups excluding carboxylic acids is 1. The second-order valence-electron chi connectivity index (χ2n) is 6.96. The lowest BCUT2D eigenvalue weighted by Crippen LogP contribution is -2.61. The van der Waals surface area contributed by atoms with Gasteiger partial charge in [0.05, 0.1) is 4.92 Å². The molecule has 0 saturated carbocycles. The molecule has 1 aromatic rings. The van der Waals surface area contributed by atoms with E-state index < -0.39 is 4.92 Å². The summed E-state index contributed by atoms with van der Waals surface area (Å²) in [5.41, 5.74) is 0.698. The number of hydrogen-bond donors (Lipinski definition) is 0. The molecule has 0 aliphatic carbocycles. The van der Waals surface area contributed by atoms with Gasteiger partial charge < -0.3 is 4.90 Å². The van der Waals surface area contributed by atoms with Crippen LogP contribution in [0.4, 0.5) is 5.69 Å². The van der Waals surface area contributed by atoms with Gasteiger partial charge in [-0.05, 0) is 24.5 Å². The van der Waals surface area contributed by atoms with Crippen molar-refractivity contribution in [2.75, 3.05) is 19.6 Å². The summed E-state index contributed by atoms with van der Waals surface area (Å²) < 4.78 is 0. The van der Waals surface area contributed by atoms with Crippen molar-refractivity contribution in [2.24, 2.45) is 0 Å². The number of fused-ring (bicyclic) bond motifs is 2. The number of hydrogen-bond acceptors (Lipinski definition) is 4. The lowest BCUT2D eigenvalue weighted by atomic mass is 9.91. The number of rotatable bonds is 5. The van der Waals surface area contributed by atoms with Gasteiger partial charge in [-0.25, -0.2) is 0 Å². The molecule has 2 fully saturated rings. The zero-order valence-corrected chi connectivity index (χ0v) is 15.7. The minimum atomic E-state index is -0.464. The molecule has 140 valence electrons. The third kappa shape index (κ3) is 4.07. The van der Waals surface area contributed by atoms with E-state index in [1.54, 1.807) is 12.1 Å². The summed E-state index contributed by atoms with van der Waals surface area (Å²) in [6.07, 6.45) is 7.97. The monoisotopic (exact) mass is 377 g/mol. The van der Waals surface area contributed by atoms with Gasteiger partial charge in [0.2, 0.25) is 5.91 Å². The van der Waals surface area contributed by atoms with Crippen LogP contribution in [0.5, 0.6) is 0 Å². The predicted octanol–water partition coefficient (Wildman–Crippen LogP) is 3.74. The molecule has 0 spiro atoms. The van der Waals surface area contributed by atoms with Crippen LogP contribution < -0.4 is 0 Å².